The second-order valence-corrected chi connectivity index (χ2v) is 15.7. The Morgan fingerprint density at radius 2 is 1.97 bits per heavy atom. The van der Waals surface area contributed by atoms with Crippen molar-refractivity contribution in [3.8, 4) is 6.07 Å². The monoisotopic (exact) mass is 608 g/mol. The van der Waals surface area contributed by atoms with Crippen LogP contribution in [0, 0.1) is 17.2 Å². The van der Waals surface area contributed by atoms with E-state index in [9.17, 15) is 29.5 Å². The molecule has 0 bridgehead atoms. The number of carbonyl (C=O) groups is 4. The van der Waals surface area contributed by atoms with Crippen LogP contribution in [0.2, 0.25) is 0 Å². The Morgan fingerprint density at radius 1 is 1.28 bits per heavy atom. The summed E-state index contributed by atoms with van der Waals surface area (Å²) < 4.78 is -1.10. The summed E-state index contributed by atoms with van der Waals surface area (Å²) in [6.07, 6.45) is 1.17. The molecule has 2 fully saturated rings. The number of likely N-dealkylation sites (tertiary alicyclic amines) is 1. The summed E-state index contributed by atoms with van der Waals surface area (Å²) in [6, 6.07) is 7.72. The predicted octanol–water partition coefficient (Wildman–Crippen LogP) is -1.23. The molecule has 4 amide bonds. The number of carbonyl (C=O) groups excluding carboxylic acids is 3. The van der Waals surface area contributed by atoms with Crippen molar-refractivity contribution in [1.82, 2.24) is 15.5 Å². The molecule has 3 aliphatic rings. The Morgan fingerprint density at radius 3 is 2.58 bits per heavy atom. The Labute approximate surface area is 220 Å². The van der Waals surface area contributed by atoms with Gasteiger partial charge in [0.05, 0.1) is 0 Å². The molecule has 4 N–H and O–H groups in total. The van der Waals surface area contributed by atoms with Crippen LogP contribution in [-0.4, -0.2) is 59.9 Å². The summed E-state index contributed by atoms with van der Waals surface area (Å²) >= 11 is -0.951. The van der Waals surface area contributed by atoms with E-state index in [0.29, 0.717) is 18.0 Å². The van der Waals surface area contributed by atoms with Gasteiger partial charge in [-0.1, -0.05) is 0 Å². The second kappa shape index (κ2) is 9.88. The predicted molar refractivity (Wildman–Crippen MR) is 126 cm³/mol. The first kappa shape index (κ1) is 26.2. The van der Waals surface area contributed by atoms with E-state index in [-0.39, 0.29) is 22.3 Å². The number of nitrogens with zero attached hydrogens (tertiary/aromatic N) is 2. The summed E-state index contributed by atoms with van der Waals surface area (Å²) in [5.74, 6) is -0.868. The topological polar surface area (TPSA) is 152 Å². The number of nitriles is 1. The molecule has 11 heteroatoms. The number of halogens is 1. The summed E-state index contributed by atoms with van der Waals surface area (Å²) in [7, 11) is 0. The first-order chi connectivity index (χ1) is 16.9. The molecule has 1 aliphatic carbocycles. The van der Waals surface area contributed by atoms with Crippen LogP contribution < -0.4 is 37.2 Å². The molecular formula is C25H31IN5O5-. The van der Waals surface area contributed by atoms with Crippen molar-refractivity contribution in [3.63, 3.8) is 0 Å². The number of benzene rings is 1. The van der Waals surface area contributed by atoms with E-state index in [4.69, 9.17) is 0 Å². The van der Waals surface area contributed by atoms with Gasteiger partial charge in [0.1, 0.15) is 0 Å². The van der Waals surface area contributed by atoms with Crippen molar-refractivity contribution in [1.29, 1.82) is 5.26 Å². The average Bonchev–Trinajstić information content (AvgIpc) is 3.46. The number of anilines is 1. The van der Waals surface area contributed by atoms with Gasteiger partial charge in [0.2, 0.25) is 0 Å². The number of fused-ring (bicyclic) bond motifs is 2. The van der Waals surface area contributed by atoms with Gasteiger partial charge in [0.25, 0.3) is 0 Å². The Bertz CT molecular complexity index is 1120. The minimum atomic E-state index is -1.29. The number of carboxylic acid groups (broad SMARTS) is 1. The van der Waals surface area contributed by atoms with Gasteiger partial charge in [-0.15, -0.1) is 0 Å². The maximum absolute atomic E-state index is 13.9. The number of para-hydroxylation sites is 1. The quantitative estimate of drug-likeness (QED) is 0.173. The van der Waals surface area contributed by atoms with Crippen LogP contribution in [0.3, 0.4) is 0 Å². The Kier molecular flexibility index (Phi) is 7.19. The first-order valence-electron chi connectivity index (χ1n) is 12.0. The van der Waals surface area contributed by atoms with Crippen LogP contribution in [0.25, 0.3) is 0 Å². The van der Waals surface area contributed by atoms with Crippen molar-refractivity contribution in [2.45, 2.75) is 71.4 Å². The molecule has 4 rings (SSSR count). The fraction of sp³-hybridized carbons (Fsp3) is 0.560. The molecule has 1 saturated heterocycles. The van der Waals surface area contributed by atoms with Crippen LogP contribution in [0.4, 0.5) is 10.5 Å². The molecule has 0 radical (unpaired) electrons. The van der Waals surface area contributed by atoms with Crippen LogP contribution in [0.1, 0.15) is 52.0 Å². The van der Waals surface area contributed by atoms with E-state index in [1.165, 1.54) is 4.90 Å². The first-order valence-corrected chi connectivity index (χ1v) is 14.3. The third-order valence-corrected chi connectivity index (χ3v) is 10.1. The van der Waals surface area contributed by atoms with E-state index in [1.807, 2.05) is 39.0 Å². The fourth-order valence-electron chi connectivity index (χ4n) is 4.89. The molecule has 1 spiro atoms. The van der Waals surface area contributed by atoms with Gasteiger partial charge in [-0.2, -0.15) is 0 Å². The molecule has 194 valence electrons. The van der Waals surface area contributed by atoms with Gasteiger partial charge < -0.3 is 0 Å². The van der Waals surface area contributed by atoms with Gasteiger partial charge in [-0.25, -0.2) is 0 Å². The molecule has 36 heavy (non-hydrogen) atoms. The molecule has 2 unspecified atom stereocenters. The summed E-state index contributed by atoms with van der Waals surface area (Å²) in [4.78, 5) is 52.8. The number of amides is 4. The zero-order valence-electron chi connectivity index (χ0n) is 20.5. The summed E-state index contributed by atoms with van der Waals surface area (Å²) in [6.45, 7) is 6.00. The van der Waals surface area contributed by atoms with Crippen molar-refractivity contribution in [2.75, 3.05) is 11.9 Å². The maximum atomic E-state index is 13.9. The van der Waals surface area contributed by atoms with Crippen LogP contribution in [0.15, 0.2) is 24.3 Å². The normalized spacial score (nSPS) is 24.6. The van der Waals surface area contributed by atoms with Crippen molar-refractivity contribution in [3.05, 3.63) is 29.8 Å². The van der Waals surface area contributed by atoms with Crippen LogP contribution >= 0.6 is 0 Å². The van der Waals surface area contributed by atoms with E-state index in [0.717, 1.165) is 18.4 Å². The van der Waals surface area contributed by atoms with Crippen molar-refractivity contribution < 1.29 is 45.5 Å². The standard InChI is InChI=1S/C25H31IN5O5/c1-24(2,3)26-19(30-20(32)18(29-23(35)36)10-14-8-9-14)21(33)31-13-25(11-15(31)12-27)16-6-4-5-7-17(16)28-22(25)34/h4-7,14-15,18-19,29H,8-11,13H2,1-3H3,(H,28,34)(H,30,32)(H,35,36)/q-1/t15-,18?,19?,25-/m0/s1. The number of nitrogens with one attached hydrogen (secondary N) is 3. The van der Waals surface area contributed by atoms with Crippen LogP contribution in [-0.2, 0) is 19.8 Å². The summed E-state index contributed by atoms with van der Waals surface area (Å²) in [5, 5.41) is 27.1. The molecular weight excluding hydrogens is 577 g/mol. The molecule has 4 atom stereocenters. The molecule has 10 nitrogen and oxygen atoms in total. The van der Waals surface area contributed by atoms with Gasteiger partial charge in [-0.3, -0.25) is 0 Å². The summed E-state index contributed by atoms with van der Waals surface area (Å²) in [5.41, 5.74) is 0.440. The van der Waals surface area contributed by atoms with Crippen molar-refractivity contribution in [2.24, 2.45) is 5.92 Å². The van der Waals surface area contributed by atoms with Gasteiger partial charge in [-0.05, 0) is 0 Å². The molecule has 0 aromatic heterocycles. The van der Waals surface area contributed by atoms with Gasteiger partial charge >= 0.3 is 221 Å². The Balaban J connectivity index is 1.59. The Hall–Kier alpha value is -2.88. The number of hydrogen-bond donors (Lipinski definition) is 4. The molecule has 1 aromatic rings. The molecule has 1 aromatic carbocycles. The van der Waals surface area contributed by atoms with E-state index >= 15 is 0 Å². The third-order valence-electron chi connectivity index (χ3n) is 6.72. The van der Waals surface area contributed by atoms with Gasteiger partial charge in [0.15, 0.2) is 0 Å². The van der Waals surface area contributed by atoms with Gasteiger partial charge in [0, 0.05) is 0 Å². The third kappa shape index (κ3) is 5.43. The molecule has 2 heterocycles. The van der Waals surface area contributed by atoms with E-state index in [2.05, 4.69) is 22.0 Å². The number of hydrogen-bond acceptors (Lipinski definition) is 5. The fourth-order valence-corrected chi connectivity index (χ4v) is 7.84. The molecule has 2 aliphatic heterocycles. The number of rotatable bonds is 7. The zero-order valence-corrected chi connectivity index (χ0v) is 22.7. The SMILES string of the molecule is CC(C)(C)[I-]C(NC(=O)C(CC1CC1)NC(=O)O)C(=O)N1C[C@]2(C[C@H]1C#N)C(=O)Nc1ccccc12. The minimum absolute atomic E-state index is 0.0477. The van der Waals surface area contributed by atoms with Crippen molar-refractivity contribution >= 4 is 29.5 Å². The zero-order chi connectivity index (χ0) is 26.3. The molecule has 1 saturated carbocycles. The average molecular weight is 608 g/mol. The van der Waals surface area contributed by atoms with E-state index in [1.54, 1.807) is 6.07 Å². The van der Waals surface area contributed by atoms with E-state index < -0.39 is 60.7 Å². The van der Waals surface area contributed by atoms with Crippen LogP contribution in [0.5, 0.6) is 0 Å². The second-order valence-electron chi connectivity index (χ2n) is 10.6. The number of alkyl halides is 2.